The van der Waals surface area contributed by atoms with Crippen LogP contribution in [0.15, 0.2) is 24.3 Å². The van der Waals surface area contributed by atoms with Crippen molar-refractivity contribution in [3.05, 3.63) is 45.3 Å². The summed E-state index contributed by atoms with van der Waals surface area (Å²) in [4.78, 5) is 37.8. The van der Waals surface area contributed by atoms with Crippen LogP contribution in [0, 0.1) is 0 Å². The van der Waals surface area contributed by atoms with Gasteiger partial charge in [-0.25, -0.2) is 4.79 Å². The van der Waals surface area contributed by atoms with E-state index in [1.807, 2.05) is 0 Å². The van der Waals surface area contributed by atoms with E-state index >= 15 is 0 Å². The molecule has 0 spiro atoms. The van der Waals surface area contributed by atoms with Crippen LogP contribution in [0.3, 0.4) is 0 Å². The van der Waals surface area contributed by atoms with Gasteiger partial charge < -0.3 is 15.4 Å². The third kappa shape index (κ3) is 4.72. The van der Waals surface area contributed by atoms with Gasteiger partial charge in [-0.05, 0) is 56.4 Å². The Bertz CT molecular complexity index is 925. The summed E-state index contributed by atoms with van der Waals surface area (Å²) in [5.41, 5.74) is 1.82. The zero-order valence-corrected chi connectivity index (χ0v) is 17.2. The minimum absolute atomic E-state index is 0.251. The maximum atomic E-state index is 12.8. The molecule has 2 amide bonds. The van der Waals surface area contributed by atoms with Gasteiger partial charge in [-0.1, -0.05) is 17.7 Å². The Morgan fingerprint density at radius 1 is 1.18 bits per heavy atom. The number of amides is 2. The van der Waals surface area contributed by atoms with Gasteiger partial charge in [-0.15, -0.1) is 11.3 Å². The maximum absolute atomic E-state index is 12.8. The van der Waals surface area contributed by atoms with E-state index in [9.17, 15) is 14.4 Å². The standard InChI is InChI=1S/C20H21ClN2O4S/c1-11(18(25)23-14-7-5-6-13(21)10-14)27-20(26)17-15-8-3-4-9-16(15)28-19(17)22-12(2)24/h5-7,10-11H,3-4,8-9H2,1-2H3,(H,22,24)(H,23,25). The van der Waals surface area contributed by atoms with Gasteiger partial charge in [0.1, 0.15) is 5.00 Å². The van der Waals surface area contributed by atoms with E-state index in [1.54, 1.807) is 24.3 Å². The number of hydrogen-bond donors (Lipinski definition) is 2. The first-order chi connectivity index (χ1) is 13.3. The lowest BCUT2D eigenvalue weighted by Gasteiger charge is -2.16. The third-order valence-corrected chi connectivity index (χ3v) is 5.85. The molecule has 28 heavy (non-hydrogen) atoms. The summed E-state index contributed by atoms with van der Waals surface area (Å²) < 4.78 is 5.42. The molecule has 6 nitrogen and oxygen atoms in total. The summed E-state index contributed by atoms with van der Waals surface area (Å²) in [5, 5.41) is 6.38. The Kier molecular flexibility index (Phi) is 6.36. The Labute approximate surface area is 172 Å². The van der Waals surface area contributed by atoms with Crippen molar-refractivity contribution in [2.75, 3.05) is 10.6 Å². The molecule has 148 valence electrons. The van der Waals surface area contributed by atoms with Crippen LogP contribution in [0.1, 0.15) is 47.5 Å². The number of halogens is 1. The van der Waals surface area contributed by atoms with Crippen LogP contribution in [0.2, 0.25) is 5.02 Å². The Morgan fingerprint density at radius 3 is 2.64 bits per heavy atom. The van der Waals surface area contributed by atoms with Gasteiger partial charge in [0.05, 0.1) is 5.56 Å². The summed E-state index contributed by atoms with van der Waals surface area (Å²) in [6, 6.07) is 6.72. The van der Waals surface area contributed by atoms with Crippen molar-refractivity contribution in [1.29, 1.82) is 0 Å². The van der Waals surface area contributed by atoms with Crippen LogP contribution in [-0.2, 0) is 27.2 Å². The second kappa shape index (κ2) is 8.75. The largest absolute Gasteiger partial charge is 0.449 e. The first kappa shape index (κ1) is 20.4. The number of aryl methyl sites for hydroxylation is 1. The summed E-state index contributed by atoms with van der Waals surface area (Å²) in [5.74, 6) is -1.31. The molecule has 1 aliphatic rings. The SMILES string of the molecule is CC(=O)Nc1sc2c(c1C(=O)OC(C)C(=O)Nc1cccc(Cl)c1)CCCC2. The molecule has 0 radical (unpaired) electrons. The topological polar surface area (TPSA) is 84.5 Å². The molecule has 0 aliphatic heterocycles. The average molecular weight is 421 g/mol. The van der Waals surface area contributed by atoms with Crippen LogP contribution in [0.5, 0.6) is 0 Å². The molecule has 3 rings (SSSR count). The molecule has 1 aromatic carbocycles. The van der Waals surface area contributed by atoms with E-state index in [-0.39, 0.29) is 5.91 Å². The highest BCUT2D eigenvalue weighted by Gasteiger charge is 2.29. The van der Waals surface area contributed by atoms with Gasteiger partial charge in [0.25, 0.3) is 5.91 Å². The van der Waals surface area contributed by atoms with Crippen LogP contribution in [0.4, 0.5) is 10.7 Å². The molecular formula is C20H21ClN2O4S. The quantitative estimate of drug-likeness (QED) is 0.701. The van der Waals surface area contributed by atoms with Gasteiger partial charge in [-0.3, -0.25) is 9.59 Å². The van der Waals surface area contributed by atoms with Crippen molar-refractivity contribution >= 4 is 51.4 Å². The van der Waals surface area contributed by atoms with Crippen LogP contribution in [0.25, 0.3) is 0 Å². The van der Waals surface area contributed by atoms with Crippen LogP contribution in [-0.4, -0.2) is 23.9 Å². The fraction of sp³-hybridized carbons (Fsp3) is 0.350. The molecule has 1 aliphatic carbocycles. The number of rotatable bonds is 5. The van der Waals surface area contributed by atoms with Gasteiger partial charge in [-0.2, -0.15) is 0 Å². The van der Waals surface area contributed by atoms with Crippen LogP contribution >= 0.6 is 22.9 Å². The zero-order valence-electron chi connectivity index (χ0n) is 15.6. The van der Waals surface area contributed by atoms with Crippen molar-refractivity contribution in [1.82, 2.24) is 0 Å². The lowest BCUT2D eigenvalue weighted by atomic mass is 9.95. The number of carbonyl (C=O) groups is 3. The molecule has 0 bridgehead atoms. The number of hydrogen-bond acceptors (Lipinski definition) is 5. The molecule has 1 unspecified atom stereocenters. The number of esters is 1. The average Bonchev–Trinajstić information content (AvgIpc) is 2.98. The normalized spacial score (nSPS) is 14.0. The molecule has 1 heterocycles. The van der Waals surface area contributed by atoms with Gasteiger partial charge in [0.2, 0.25) is 5.91 Å². The molecule has 2 N–H and O–H groups in total. The first-order valence-corrected chi connectivity index (χ1v) is 10.2. The van der Waals surface area contributed by atoms with E-state index in [0.29, 0.717) is 21.3 Å². The lowest BCUT2D eigenvalue weighted by molar-refractivity contribution is -0.123. The number of thiophene rings is 1. The second-order valence-corrected chi connectivity index (χ2v) is 8.18. The molecule has 1 atom stereocenters. The van der Waals surface area contributed by atoms with E-state index in [4.69, 9.17) is 16.3 Å². The van der Waals surface area contributed by atoms with E-state index in [2.05, 4.69) is 10.6 Å². The first-order valence-electron chi connectivity index (χ1n) is 9.04. The number of carbonyl (C=O) groups excluding carboxylic acids is 3. The summed E-state index contributed by atoms with van der Waals surface area (Å²) in [7, 11) is 0. The molecule has 0 saturated heterocycles. The number of anilines is 2. The predicted molar refractivity (Wildman–Crippen MR) is 110 cm³/mol. The number of ether oxygens (including phenoxy) is 1. The molecule has 2 aromatic rings. The summed E-state index contributed by atoms with van der Waals surface area (Å²) in [6.45, 7) is 2.91. The Morgan fingerprint density at radius 2 is 1.93 bits per heavy atom. The van der Waals surface area contributed by atoms with Crippen molar-refractivity contribution in [3.8, 4) is 0 Å². The zero-order chi connectivity index (χ0) is 20.3. The monoisotopic (exact) mass is 420 g/mol. The Hall–Kier alpha value is -2.38. The highest BCUT2D eigenvalue weighted by atomic mass is 35.5. The van der Waals surface area contributed by atoms with Gasteiger partial charge >= 0.3 is 5.97 Å². The number of nitrogens with one attached hydrogen (secondary N) is 2. The molecule has 0 saturated carbocycles. The van der Waals surface area contributed by atoms with Crippen molar-refractivity contribution < 1.29 is 19.1 Å². The van der Waals surface area contributed by atoms with E-state index < -0.39 is 18.0 Å². The fourth-order valence-corrected chi connectivity index (χ4v) is 4.63. The molecular weight excluding hydrogens is 400 g/mol. The highest BCUT2D eigenvalue weighted by Crippen LogP contribution is 2.38. The molecule has 8 heteroatoms. The predicted octanol–water partition coefficient (Wildman–Crippen LogP) is 4.42. The van der Waals surface area contributed by atoms with E-state index in [1.165, 1.54) is 25.2 Å². The van der Waals surface area contributed by atoms with Gasteiger partial charge in [0, 0.05) is 22.5 Å². The third-order valence-electron chi connectivity index (χ3n) is 4.41. The lowest BCUT2D eigenvalue weighted by Crippen LogP contribution is -2.30. The Balaban J connectivity index is 1.75. The highest BCUT2D eigenvalue weighted by molar-refractivity contribution is 7.17. The number of fused-ring (bicyclic) bond motifs is 1. The maximum Gasteiger partial charge on any atom is 0.342 e. The molecule has 1 aromatic heterocycles. The fourth-order valence-electron chi connectivity index (χ4n) is 3.11. The van der Waals surface area contributed by atoms with Gasteiger partial charge in [0.15, 0.2) is 6.10 Å². The van der Waals surface area contributed by atoms with Crippen molar-refractivity contribution in [2.45, 2.75) is 45.6 Å². The van der Waals surface area contributed by atoms with Crippen molar-refractivity contribution in [3.63, 3.8) is 0 Å². The molecule has 0 fully saturated rings. The van der Waals surface area contributed by atoms with E-state index in [0.717, 1.165) is 36.1 Å². The number of benzene rings is 1. The summed E-state index contributed by atoms with van der Waals surface area (Å²) in [6.07, 6.45) is 2.67. The van der Waals surface area contributed by atoms with Crippen molar-refractivity contribution in [2.24, 2.45) is 0 Å². The smallest absolute Gasteiger partial charge is 0.342 e. The minimum atomic E-state index is -1.00. The minimum Gasteiger partial charge on any atom is -0.449 e. The van der Waals surface area contributed by atoms with Crippen LogP contribution < -0.4 is 10.6 Å². The second-order valence-electron chi connectivity index (χ2n) is 6.64. The summed E-state index contributed by atoms with van der Waals surface area (Å²) >= 11 is 7.33.